The third kappa shape index (κ3) is 2.13. The summed E-state index contributed by atoms with van der Waals surface area (Å²) in [5.74, 6) is -1.42. The maximum atomic E-state index is 10.9. The number of carboxylic acid groups (broad SMARTS) is 1. The van der Waals surface area contributed by atoms with E-state index in [1.54, 1.807) is 13.0 Å². The van der Waals surface area contributed by atoms with Crippen LogP contribution >= 0.6 is 0 Å². The van der Waals surface area contributed by atoms with E-state index in [2.05, 4.69) is 17.1 Å². The first-order valence-electron chi connectivity index (χ1n) is 5.60. The third-order valence-corrected chi connectivity index (χ3v) is 2.96. The minimum Gasteiger partial charge on any atom is -0.481 e. The minimum absolute atomic E-state index is 0.569. The number of hydrogen-bond acceptors (Lipinski definition) is 2. The first-order chi connectivity index (χ1) is 7.99. The molecule has 0 saturated heterocycles. The summed E-state index contributed by atoms with van der Waals surface area (Å²) >= 11 is 0. The molecule has 0 aliphatic rings. The van der Waals surface area contributed by atoms with E-state index in [1.165, 1.54) is 5.56 Å². The van der Waals surface area contributed by atoms with Crippen LogP contribution in [0.3, 0.4) is 0 Å². The van der Waals surface area contributed by atoms with Gasteiger partial charge in [0.1, 0.15) is 0 Å². The molecule has 2 rings (SSSR count). The topological polar surface area (TPSA) is 50.2 Å². The summed E-state index contributed by atoms with van der Waals surface area (Å²) in [5, 5.41) is 10.0. The number of aliphatic carboxylic acids is 1. The Labute approximate surface area is 100 Å². The summed E-state index contributed by atoms with van der Waals surface area (Å²) in [6.45, 7) is 5.69. The van der Waals surface area contributed by atoms with Crippen LogP contribution in [0.15, 0.2) is 24.3 Å². The predicted octanol–water partition coefficient (Wildman–Crippen LogP) is 3.04. The van der Waals surface area contributed by atoms with Crippen molar-refractivity contribution in [2.75, 3.05) is 0 Å². The summed E-state index contributed by atoms with van der Waals surface area (Å²) < 4.78 is 0. The molecule has 0 aliphatic carbocycles. The number of benzene rings is 1. The second-order valence-electron chi connectivity index (χ2n) is 4.45. The lowest BCUT2D eigenvalue weighted by atomic mass is 10.0. The Morgan fingerprint density at radius 2 is 2.00 bits per heavy atom. The lowest BCUT2D eigenvalue weighted by molar-refractivity contribution is -0.138. The molecule has 1 unspecified atom stereocenters. The first kappa shape index (κ1) is 11.6. The van der Waals surface area contributed by atoms with Crippen LogP contribution in [0.4, 0.5) is 0 Å². The van der Waals surface area contributed by atoms with Gasteiger partial charge in [-0.15, -0.1) is 0 Å². The van der Waals surface area contributed by atoms with Gasteiger partial charge in [-0.3, -0.25) is 9.78 Å². The Morgan fingerprint density at radius 1 is 1.29 bits per heavy atom. The van der Waals surface area contributed by atoms with Crippen molar-refractivity contribution in [3.8, 4) is 0 Å². The maximum absolute atomic E-state index is 10.9. The molecule has 17 heavy (non-hydrogen) atoms. The van der Waals surface area contributed by atoms with Gasteiger partial charge in [0, 0.05) is 5.39 Å². The van der Waals surface area contributed by atoms with Crippen molar-refractivity contribution in [2.24, 2.45) is 0 Å². The molecule has 1 aromatic heterocycles. The Kier molecular flexibility index (Phi) is 2.84. The van der Waals surface area contributed by atoms with Gasteiger partial charge in [0.2, 0.25) is 0 Å². The van der Waals surface area contributed by atoms with Crippen molar-refractivity contribution < 1.29 is 9.90 Å². The van der Waals surface area contributed by atoms with E-state index < -0.39 is 11.9 Å². The minimum atomic E-state index is -0.846. The van der Waals surface area contributed by atoms with Crippen molar-refractivity contribution >= 4 is 16.9 Å². The summed E-state index contributed by atoms with van der Waals surface area (Å²) in [4.78, 5) is 15.4. The maximum Gasteiger partial charge on any atom is 0.312 e. The highest BCUT2D eigenvalue weighted by molar-refractivity contribution is 5.84. The highest BCUT2D eigenvalue weighted by Gasteiger charge is 2.15. The highest BCUT2D eigenvalue weighted by Crippen LogP contribution is 2.22. The lowest BCUT2D eigenvalue weighted by Crippen LogP contribution is -2.09. The highest BCUT2D eigenvalue weighted by atomic mass is 16.4. The van der Waals surface area contributed by atoms with Crippen molar-refractivity contribution in [2.45, 2.75) is 26.7 Å². The first-order valence-corrected chi connectivity index (χ1v) is 5.60. The Balaban J connectivity index is 2.61. The smallest absolute Gasteiger partial charge is 0.312 e. The normalized spacial score (nSPS) is 12.6. The number of nitrogens with zero attached hydrogens (tertiary/aromatic N) is 1. The number of aryl methyl sites for hydroxylation is 2. The van der Waals surface area contributed by atoms with Crippen LogP contribution in [0.1, 0.15) is 29.7 Å². The van der Waals surface area contributed by atoms with Crippen LogP contribution in [-0.4, -0.2) is 16.1 Å². The molecule has 0 spiro atoms. The number of hydrogen-bond donors (Lipinski definition) is 1. The fourth-order valence-electron chi connectivity index (χ4n) is 1.98. The van der Waals surface area contributed by atoms with Crippen LogP contribution in [-0.2, 0) is 4.79 Å². The molecule has 0 amide bonds. The van der Waals surface area contributed by atoms with E-state index in [9.17, 15) is 4.79 Å². The zero-order valence-electron chi connectivity index (χ0n) is 10.2. The number of fused-ring (bicyclic) bond motifs is 1. The van der Waals surface area contributed by atoms with Gasteiger partial charge in [-0.2, -0.15) is 0 Å². The van der Waals surface area contributed by atoms with Crippen LogP contribution in [0.25, 0.3) is 10.9 Å². The quantitative estimate of drug-likeness (QED) is 0.861. The Morgan fingerprint density at radius 3 is 2.65 bits per heavy atom. The van der Waals surface area contributed by atoms with Gasteiger partial charge in [0.15, 0.2) is 0 Å². The number of pyridine rings is 1. The van der Waals surface area contributed by atoms with E-state index in [0.717, 1.165) is 16.5 Å². The van der Waals surface area contributed by atoms with Gasteiger partial charge < -0.3 is 5.11 Å². The molecule has 0 bridgehead atoms. The molecule has 1 aromatic carbocycles. The predicted molar refractivity (Wildman–Crippen MR) is 67.3 cm³/mol. The van der Waals surface area contributed by atoms with E-state index in [0.29, 0.717) is 5.69 Å². The van der Waals surface area contributed by atoms with Crippen LogP contribution in [0.5, 0.6) is 0 Å². The molecular weight excluding hydrogens is 214 g/mol. The third-order valence-electron chi connectivity index (χ3n) is 2.96. The van der Waals surface area contributed by atoms with Gasteiger partial charge >= 0.3 is 5.97 Å². The monoisotopic (exact) mass is 229 g/mol. The second kappa shape index (κ2) is 4.17. The molecule has 0 fully saturated rings. The van der Waals surface area contributed by atoms with Crippen LogP contribution < -0.4 is 0 Å². The Bertz CT molecular complexity index is 590. The lowest BCUT2D eigenvalue weighted by Gasteiger charge is -2.09. The van der Waals surface area contributed by atoms with Gasteiger partial charge in [0.05, 0.1) is 17.1 Å². The van der Waals surface area contributed by atoms with Crippen molar-refractivity contribution in [1.29, 1.82) is 0 Å². The molecule has 3 nitrogen and oxygen atoms in total. The zero-order valence-corrected chi connectivity index (χ0v) is 10.2. The van der Waals surface area contributed by atoms with E-state index >= 15 is 0 Å². The molecule has 1 heterocycles. The molecule has 1 atom stereocenters. The van der Waals surface area contributed by atoms with Gasteiger partial charge in [0.25, 0.3) is 0 Å². The number of carboxylic acids is 1. The van der Waals surface area contributed by atoms with E-state index in [1.807, 2.05) is 19.9 Å². The van der Waals surface area contributed by atoms with Crippen LogP contribution in [0, 0.1) is 13.8 Å². The fourth-order valence-corrected chi connectivity index (χ4v) is 1.98. The molecule has 88 valence electrons. The van der Waals surface area contributed by atoms with E-state index in [-0.39, 0.29) is 0 Å². The molecule has 0 radical (unpaired) electrons. The average molecular weight is 229 g/mol. The summed E-state index contributed by atoms with van der Waals surface area (Å²) in [7, 11) is 0. The van der Waals surface area contributed by atoms with Crippen LogP contribution in [0.2, 0.25) is 0 Å². The molecule has 2 aromatic rings. The molecule has 0 saturated carbocycles. The summed E-state index contributed by atoms with van der Waals surface area (Å²) in [6, 6.07) is 7.85. The number of aromatic nitrogens is 1. The van der Waals surface area contributed by atoms with Crippen molar-refractivity contribution in [1.82, 2.24) is 4.98 Å². The number of carbonyl (C=O) groups is 1. The zero-order chi connectivity index (χ0) is 12.6. The largest absolute Gasteiger partial charge is 0.481 e. The summed E-state index contributed by atoms with van der Waals surface area (Å²) in [5.41, 5.74) is 3.77. The SMILES string of the molecule is Cc1cc(C)c2nc(C(C)C(=O)O)ccc2c1. The van der Waals surface area contributed by atoms with Crippen molar-refractivity contribution in [3.63, 3.8) is 0 Å². The van der Waals surface area contributed by atoms with Gasteiger partial charge in [-0.05, 0) is 38.5 Å². The fraction of sp³-hybridized carbons (Fsp3) is 0.286. The summed E-state index contributed by atoms with van der Waals surface area (Å²) in [6.07, 6.45) is 0. The molecule has 3 heteroatoms. The molecular formula is C14H15NO2. The van der Waals surface area contributed by atoms with E-state index in [4.69, 9.17) is 5.11 Å². The average Bonchev–Trinajstić information content (AvgIpc) is 2.27. The number of rotatable bonds is 2. The standard InChI is InChI=1S/C14H15NO2/c1-8-6-9(2)13-11(7-8)4-5-12(15-13)10(3)14(16)17/h4-7,10H,1-3H3,(H,16,17). The molecule has 1 N–H and O–H groups in total. The second-order valence-corrected chi connectivity index (χ2v) is 4.45. The Hall–Kier alpha value is -1.90. The molecule has 0 aliphatic heterocycles. The van der Waals surface area contributed by atoms with Gasteiger partial charge in [-0.1, -0.05) is 17.7 Å². The van der Waals surface area contributed by atoms with Crippen molar-refractivity contribution in [3.05, 3.63) is 41.1 Å². The van der Waals surface area contributed by atoms with Gasteiger partial charge in [-0.25, -0.2) is 0 Å².